The first-order valence-electron chi connectivity index (χ1n) is 5.27. The van der Waals surface area contributed by atoms with Gasteiger partial charge in [-0.05, 0) is 23.8 Å². The summed E-state index contributed by atoms with van der Waals surface area (Å²) in [5.74, 6) is 0.868. The van der Waals surface area contributed by atoms with Gasteiger partial charge in [-0.3, -0.25) is 0 Å². The van der Waals surface area contributed by atoms with Crippen LogP contribution in [0.25, 0.3) is 0 Å². The van der Waals surface area contributed by atoms with Gasteiger partial charge in [0.15, 0.2) is 0 Å². The first kappa shape index (κ1) is 11.7. The SMILES string of the molecule is COc1ccc(Cl)cc1CC1(OC)CNC1. The molecule has 4 heteroatoms. The van der Waals surface area contributed by atoms with Gasteiger partial charge in [-0.1, -0.05) is 11.6 Å². The average molecular weight is 242 g/mol. The fourth-order valence-electron chi connectivity index (χ4n) is 1.98. The zero-order valence-corrected chi connectivity index (χ0v) is 10.3. The van der Waals surface area contributed by atoms with Crippen LogP contribution in [-0.2, 0) is 11.2 Å². The van der Waals surface area contributed by atoms with E-state index in [0.717, 1.165) is 35.8 Å². The van der Waals surface area contributed by atoms with Crippen LogP contribution in [0.4, 0.5) is 0 Å². The van der Waals surface area contributed by atoms with Gasteiger partial charge in [-0.25, -0.2) is 0 Å². The van der Waals surface area contributed by atoms with Gasteiger partial charge in [0, 0.05) is 31.6 Å². The highest BCUT2D eigenvalue weighted by Gasteiger charge is 2.37. The average Bonchev–Trinajstić information content (AvgIpc) is 2.24. The normalized spacial score (nSPS) is 17.9. The zero-order chi connectivity index (χ0) is 11.6. The maximum atomic E-state index is 6.00. The standard InChI is InChI=1S/C12H16ClNO2/c1-15-11-4-3-10(13)5-9(11)6-12(16-2)7-14-8-12/h3-5,14H,6-8H2,1-2H3. The third-order valence-electron chi connectivity index (χ3n) is 3.08. The van der Waals surface area contributed by atoms with Gasteiger partial charge in [-0.2, -0.15) is 0 Å². The lowest BCUT2D eigenvalue weighted by molar-refractivity contribution is -0.0505. The summed E-state index contributed by atoms with van der Waals surface area (Å²) >= 11 is 6.00. The van der Waals surface area contributed by atoms with E-state index in [1.54, 1.807) is 14.2 Å². The molecule has 1 aromatic carbocycles. The lowest BCUT2D eigenvalue weighted by Gasteiger charge is -2.41. The molecule has 0 amide bonds. The maximum absolute atomic E-state index is 6.00. The summed E-state index contributed by atoms with van der Waals surface area (Å²) in [6.45, 7) is 1.75. The molecule has 0 bridgehead atoms. The second kappa shape index (κ2) is 4.62. The van der Waals surface area contributed by atoms with Crippen molar-refractivity contribution in [3.8, 4) is 5.75 Å². The second-order valence-electron chi connectivity index (χ2n) is 4.12. The lowest BCUT2D eigenvalue weighted by atomic mass is 9.88. The van der Waals surface area contributed by atoms with E-state index < -0.39 is 0 Å². The van der Waals surface area contributed by atoms with Crippen molar-refractivity contribution in [3.63, 3.8) is 0 Å². The van der Waals surface area contributed by atoms with E-state index in [2.05, 4.69) is 5.32 Å². The highest BCUT2D eigenvalue weighted by molar-refractivity contribution is 6.30. The van der Waals surface area contributed by atoms with E-state index in [1.165, 1.54) is 0 Å². The summed E-state index contributed by atoms with van der Waals surface area (Å²) in [4.78, 5) is 0. The van der Waals surface area contributed by atoms with Crippen LogP contribution in [0.5, 0.6) is 5.75 Å². The summed E-state index contributed by atoms with van der Waals surface area (Å²) in [7, 11) is 3.42. The molecular formula is C12H16ClNO2. The highest BCUT2D eigenvalue weighted by Crippen LogP contribution is 2.29. The van der Waals surface area contributed by atoms with Crippen molar-refractivity contribution in [1.29, 1.82) is 0 Å². The molecule has 1 aliphatic heterocycles. The molecule has 0 aliphatic carbocycles. The van der Waals surface area contributed by atoms with Crippen LogP contribution in [0.1, 0.15) is 5.56 Å². The van der Waals surface area contributed by atoms with Crippen LogP contribution in [0, 0.1) is 0 Å². The van der Waals surface area contributed by atoms with Gasteiger partial charge >= 0.3 is 0 Å². The zero-order valence-electron chi connectivity index (χ0n) is 9.55. The Balaban J connectivity index is 2.22. The highest BCUT2D eigenvalue weighted by atomic mass is 35.5. The Morgan fingerprint density at radius 1 is 1.38 bits per heavy atom. The molecule has 1 heterocycles. The van der Waals surface area contributed by atoms with Gasteiger partial charge in [0.25, 0.3) is 0 Å². The molecule has 0 atom stereocenters. The van der Waals surface area contributed by atoms with E-state index in [0.29, 0.717) is 0 Å². The number of halogens is 1. The van der Waals surface area contributed by atoms with Crippen molar-refractivity contribution in [3.05, 3.63) is 28.8 Å². The molecule has 1 N–H and O–H groups in total. The molecule has 1 fully saturated rings. The monoisotopic (exact) mass is 241 g/mol. The van der Waals surface area contributed by atoms with Crippen LogP contribution in [0.3, 0.4) is 0 Å². The largest absolute Gasteiger partial charge is 0.496 e. The number of methoxy groups -OCH3 is 2. The molecule has 16 heavy (non-hydrogen) atoms. The Labute approximate surface area is 101 Å². The number of hydrogen-bond donors (Lipinski definition) is 1. The summed E-state index contributed by atoms with van der Waals surface area (Å²) in [5, 5.41) is 3.96. The van der Waals surface area contributed by atoms with Crippen LogP contribution in [-0.4, -0.2) is 32.9 Å². The van der Waals surface area contributed by atoms with Gasteiger partial charge in [0.05, 0.1) is 12.7 Å². The Bertz CT molecular complexity index is 372. The van der Waals surface area contributed by atoms with Crippen molar-refractivity contribution >= 4 is 11.6 Å². The number of benzene rings is 1. The van der Waals surface area contributed by atoms with Gasteiger partial charge in [0.1, 0.15) is 5.75 Å². The third kappa shape index (κ3) is 2.17. The Kier molecular flexibility index (Phi) is 3.38. The minimum absolute atomic E-state index is 0.0992. The number of ether oxygens (including phenoxy) is 2. The predicted molar refractivity (Wildman–Crippen MR) is 64.3 cm³/mol. The molecule has 0 saturated carbocycles. The molecule has 1 saturated heterocycles. The van der Waals surface area contributed by atoms with E-state index in [4.69, 9.17) is 21.1 Å². The number of rotatable bonds is 4. The number of nitrogens with one attached hydrogen (secondary N) is 1. The molecule has 0 unspecified atom stereocenters. The summed E-state index contributed by atoms with van der Waals surface area (Å²) in [5.41, 5.74) is 0.996. The molecule has 88 valence electrons. The molecule has 0 aromatic heterocycles. The van der Waals surface area contributed by atoms with Crippen molar-refractivity contribution < 1.29 is 9.47 Å². The number of hydrogen-bond acceptors (Lipinski definition) is 3. The minimum Gasteiger partial charge on any atom is -0.496 e. The van der Waals surface area contributed by atoms with Crippen LogP contribution in [0.15, 0.2) is 18.2 Å². The Morgan fingerprint density at radius 3 is 2.62 bits per heavy atom. The van der Waals surface area contributed by atoms with E-state index in [1.807, 2.05) is 18.2 Å². The summed E-state index contributed by atoms with van der Waals surface area (Å²) in [6.07, 6.45) is 0.820. The van der Waals surface area contributed by atoms with Gasteiger partial charge in [-0.15, -0.1) is 0 Å². The van der Waals surface area contributed by atoms with Crippen molar-refractivity contribution in [1.82, 2.24) is 5.32 Å². The topological polar surface area (TPSA) is 30.5 Å². The van der Waals surface area contributed by atoms with Crippen LogP contribution in [0.2, 0.25) is 5.02 Å². The molecule has 0 radical (unpaired) electrons. The first-order chi connectivity index (χ1) is 7.69. The van der Waals surface area contributed by atoms with E-state index in [-0.39, 0.29) is 5.60 Å². The van der Waals surface area contributed by atoms with Crippen LogP contribution >= 0.6 is 11.6 Å². The lowest BCUT2D eigenvalue weighted by Crippen LogP contribution is -2.61. The molecule has 3 nitrogen and oxygen atoms in total. The molecule has 1 aromatic rings. The van der Waals surface area contributed by atoms with Gasteiger partial charge < -0.3 is 14.8 Å². The smallest absolute Gasteiger partial charge is 0.122 e. The van der Waals surface area contributed by atoms with Crippen molar-refractivity contribution in [2.45, 2.75) is 12.0 Å². The Morgan fingerprint density at radius 2 is 2.12 bits per heavy atom. The van der Waals surface area contributed by atoms with Crippen LogP contribution < -0.4 is 10.1 Å². The summed E-state index contributed by atoms with van der Waals surface area (Å²) < 4.78 is 10.9. The van der Waals surface area contributed by atoms with Gasteiger partial charge in [0.2, 0.25) is 0 Å². The quantitative estimate of drug-likeness (QED) is 0.873. The third-order valence-corrected chi connectivity index (χ3v) is 3.32. The van der Waals surface area contributed by atoms with E-state index >= 15 is 0 Å². The Hall–Kier alpha value is -0.770. The molecule has 1 aliphatic rings. The summed E-state index contributed by atoms with van der Waals surface area (Å²) in [6, 6.07) is 5.68. The fraction of sp³-hybridized carbons (Fsp3) is 0.500. The first-order valence-corrected chi connectivity index (χ1v) is 5.65. The van der Waals surface area contributed by atoms with Crippen molar-refractivity contribution in [2.75, 3.05) is 27.3 Å². The maximum Gasteiger partial charge on any atom is 0.122 e. The second-order valence-corrected chi connectivity index (χ2v) is 4.56. The molecule has 2 rings (SSSR count). The fourth-order valence-corrected chi connectivity index (χ4v) is 2.17. The predicted octanol–water partition coefficient (Wildman–Crippen LogP) is 1.88. The minimum atomic E-state index is -0.0992. The molecule has 0 spiro atoms. The van der Waals surface area contributed by atoms with E-state index in [9.17, 15) is 0 Å². The van der Waals surface area contributed by atoms with Crippen molar-refractivity contribution in [2.24, 2.45) is 0 Å². The molecular weight excluding hydrogens is 226 g/mol.